The molecule has 2 rings (SSSR count). The molecule has 1 aliphatic rings. The van der Waals surface area contributed by atoms with Gasteiger partial charge in [-0.05, 0) is 24.7 Å². The van der Waals surface area contributed by atoms with Crippen molar-refractivity contribution in [3.63, 3.8) is 0 Å². The number of anilines is 1. The normalized spacial score (nSPS) is 16.7. The fraction of sp³-hybridized carbons (Fsp3) is 0.600. The summed E-state index contributed by atoms with van der Waals surface area (Å²) in [5, 5.41) is 14.0. The second-order valence-corrected chi connectivity index (χ2v) is 5.68. The van der Waals surface area contributed by atoms with Crippen molar-refractivity contribution in [1.29, 1.82) is 0 Å². The lowest BCUT2D eigenvalue weighted by Crippen LogP contribution is -2.26. The van der Waals surface area contributed by atoms with Crippen LogP contribution in [0.25, 0.3) is 0 Å². The highest BCUT2D eigenvalue weighted by Crippen LogP contribution is 2.41. The van der Waals surface area contributed by atoms with E-state index in [0.29, 0.717) is 6.54 Å². The maximum Gasteiger partial charge on any atom is 0.313 e. The van der Waals surface area contributed by atoms with E-state index in [0.717, 1.165) is 25.3 Å². The number of ether oxygens (including phenoxy) is 1. The van der Waals surface area contributed by atoms with Gasteiger partial charge in [0.1, 0.15) is 0 Å². The van der Waals surface area contributed by atoms with Crippen molar-refractivity contribution in [2.75, 3.05) is 19.0 Å². The van der Waals surface area contributed by atoms with E-state index in [2.05, 4.69) is 12.2 Å². The van der Waals surface area contributed by atoms with Gasteiger partial charge < -0.3 is 10.1 Å². The Kier molecular flexibility index (Phi) is 4.65. The lowest BCUT2D eigenvalue weighted by atomic mass is 9.83. The van der Waals surface area contributed by atoms with Gasteiger partial charge in [-0.2, -0.15) is 0 Å². The van der Waals surface area contributed by atoms with Crippen LogP contribution in [0, 0.1) is 21.3 Å². The number of nitro groups is 1. The predicted molar refractivity (Wildman–Crippen MR) is 79.3 cm³/mol. The molecule has 1 saturated carbocycles. The second kappa shape index (κ2) is 6.28. The lowest BCUT2D eigenvalue weighted by molar-refractivity contribution is -0.385. The van der Waals surface area contributed by atoms with E-state index in [1.807, 2.05) is 0 Å². The fourth-order valence-corrected chi connectivity index (χ4v) is 3.05. The van der Waals surface area contributed by atoms with Gasteiger partial charge in [-0.15, -0.1) is 0 Å². The van der Waals surface area contributed by atoms with Gasteiger partial charge in [0, 0.05) is 12.6 Å². The van der Waals surface area contributed by atoms with Gasteiger partial charge in [0.05, 0.1) is 23.8 Å². The zero-order valence-corrected chi connectivity index (χ0v) is 12.4. The zero-order valence-electron chi connectivity index (χ0n) is 12.4. The molecular formula is C15H21FN2O3. The van der Waals surface area contributed by atoms with Crippen molar-refractivity contribution >= 4 is 11.4 Å². The number of hydrogen-bond acceptors (Lipinski definition) is 4. The summed E-state index contributed by atoms with van der Waals surface area (Å²) in [5.74, 6) is -0.548. The molecule has 116 valence electrons. The van der Waals surface area contributed by atoms with E-state index in [9.17, 15) is 14.5 Å². The van der Waals surface area contributed by atoms with Gasteiger partial charge in [0.2, 0.25) is 0 Å². The van der Waals surface area contributed by atoms with Crippen molar-refractivity contribution in [2.45, 2.75) is 39.0 Å². The molecule has 1 fully saturated rings. The number of halogens is 1. The van der Waals surface area contributed by atoms with Crippen LogP contribution < -0.4 is 10.1 Å². The Balaban J connectivity index is 2.18. The van der Waals surface area contributed by atoms with Crippen molar-refractivity contribution < 1.29 is 14.1 Å². The fourth-order valence-electron chi connectivity index (χ4n) is 3.05. The molecule has 0 aromatic heterocycles. The first-order chi connectivity index (χ1) is 10.0. The minimum absolute atomic E-state index is 0.0703. The van der Waals surface area contributed by atoms with Gasteiger partial charge in [0.25, 0.3) is 0 Å². The summed E-state index contributed by atoms with van der Waals surface area (Å²) in [4.78, 5) is 10.2. The Bertz CT molecular complexity index is 528. The summed E-state index contributed by atoms with van der Waals surface area (Å²) in [6.07, 6.45) is 5.75. The minimum Gasteiger partial charge on any atom is -0.490 e. The number of hydrogen-bond donors (Lipinski definition) is 1. The summed E-state index contributed by atoms with van der Waals surface area (Å²) >= 11 is 0. The Morgan fingerprint density at radius 1 is 1.43 bits per heavy atom. The highest BCUT2D eigenvalue weighted by atomic mass is 19.1. The molecule has 0 aliphatic heterocycles. The van der Waals surface area contributed by atoms with Crippen molar-refractivity contribution in [3.05, 3.63) is 28.1 Å². The number of nitrogens with zero attached hydrogens (tertiary/aromatic N) is 1. The highest BCUT2D eigenvalue weighted by Gasteiger charge is 2.32. The van der Waals surface area contributed by atoms with Crippen LogP contribution in [0.5, 0.6) is 5.75 Å². The average molecular weight is 296 g/mol. The van der Waals surface area contributed by atoms with Crippen molar-refractivity contribution in [3.8, 4) is 5.75 Å². The average Bonchev–Trinajstić information content (AvgIpc) is 2.95. The monoisotopic (exact) mass is 296 g/mol. The summed E-state index contributed by atoms with van der Waals surface area (Å²) in [6, 6.07) is 2.28. The summed E-state index contributed by atoms with van der Waals surface area (Å²) in [6.45, 7) is 2.83. The smallest absolute Gasteiger partial charge is 0.313 e. The third-order valence-electron chi connectivity index (χ3n) is 4.53. The molecular weight excluding hydrogens is 275 g/mol. The molecule has 0 atom stereocenters. The van der Waals surface area contributed by atoms with E-state index >= 15 is 0 Å². The Morgan fingerprint density at radius 3 is 2.62 bits per heavy atom. The third-order valence-corrected chi connectivity index (χ3v) is 4.53. The molecule has 21 heavy (non-hydrogen) atoms. The Morgan fingerprint density at radius 2 is 2.10 bits per heavy atom. The van der Waals surface area contributed by atoms with E-state index in [4.69, 9.17) is 4.74 Å². The van der Waals surface area contributed by atoms with Crippen LogP contribution in [-0.2, 0) is 0 Å². The number of nitro benzene ring substituents is 1. The Labute approximate surface area is 123 Å². The van der Waals surface area contributed by atoms with Gasteiger partial charge >= 0.3 is 5.69 Å². The first-order valence-electron chi connectivity index (χ1n) is 7.27. The van der Waals surface area contributed by atoms with Gasteiger partial charge in [-0.1, -0.05) is 19.8 Å². The SMILES string of the molecule is CCC1(CNc2cc(OC)c([N+](=O)[O-])cc2F)CCCC1. The van der Waals surface area contributed by atoms with Crippen LogP contribution in [-0.4, -0.2) is 18.6 Å². The maximum absolute atomic E-state index is 14.0. The maximum atomic E-state index is 14.0. The van der Waals surface area contributed by atoms with E-state index in [1.54, 1.807) is 0 Å². The van der Waals surface area contributed by atoms with Gasteiger partial charge in [0.15, 0.2) is 11.6 Å². The van der Waals surface area contributed by atoms with Crippen LogP contribution >= 0.6 is 0 Å². The first kappa shape index (κ1) is 15.5. The van der Waals surface area contributed by atoms with Crippen LogP contribution in [0.2, 0.25) is 0 Å². The molecule has 1 N–H and O–H groups in total. The molecule has 1 aromatic carbocycles. The first-order valence-corrected chi connectivity index (χ1v) is 7.27. The predicted octanol–water partition coefficient (Wildman–Crippen LogP) is 4.12. The summed E-state index contributed by atoms with van der Waals surface area (Å²) < 4.78 is 19.0. The molecule has 0 saturated heterocycles. The minimum atomic E-state index is -0.643. The largest absolute Gasteiger partial charge is 0.490 e. The standard InChI is InChI=1S/C15H21FN2O3/c1-3-15(6-4-5-7-15)10-17-12-9-14(21-2)13(18(19)20)8-11(12)16/h8-9,17H,3-7,10H2,1-2H3. The molecule has 0 unspecified atom stereocenters. The molecule has 1 aliphatic carbocycles. The number of nitrogens with one attached hydrogen (secondary N) is 1. The lowest BCUT2D eigenvalue weighted by Gasteiger charge is -2.28. The van der Waals surface area contributed by atoms with E-state index in [-0.39, 0.29) is 22.5 Å². The molecule has 1 aromatic rings. The number of benzene rings is 1. The molecule has 0 radical (unpaired) electrons. The van der Waals surface area contributed by atoms with Crippen LogP contribution in [0.15, 0.2) is 12.1 Å². The molecule has 6 heteroatoms. The van der Waals surface area contributed by atoms with E-state index in [1.165, 1.54) is 26.0 Å². The molecule has 0 spiro atoms. The Hall–Kier alpha value is -1.85. The molecule has 0 bridgehead atoms. The number of methoxy groups -OCH3 is 1. The van der Waals surface area contributed by atoms with Crippen LogP contribution in [0.3, 0.4) is 0 Å². The van der Waals surface area contributed by atoms with Gasteiger partial charge in [-0.25, -0.2) is 4.39 Å². The van der Waals surface area contributed by atoms with Crippen molar-refractivity contribution in [2.24, 2.45) is 5.41 Å². The molecule has 0 heterocycles. The quantitative estimate of drug-likeness (QED) is 0.633. The van der Waals surface area contributed by atoms with Crippen LogP contribution in [0.4, 0.5) is 15.8 Å². The van der Waals surface area contributed by atoms with Crippen molar-refractivity contribution in [1.82, 2.24) is 0 Å². The second-order valence-electron chi connectivity index (χ2n) is 5.68. The van der Waals surface area contributed by atoms with Crippen LogP contribution in [0.1, 0.15) is 39.0 Å². The topological polar surface area (TPSA) is 64.4 Å². The van der Waals surface area contributed by atoms with Gasteiger partial charge in [-0.3, -0.25) is 10.1 Å². The number of rotatable bonds is 6. The molecule has 5 nitrogen and oxygen atoms in total. The summed E-state index contributed by atoms with van der Waals surface area (Å²) in [5.41, 5.74) is 0.116. The molecule has 0 amide bonds. The zero-order chi connectivity index (χ0) is 15.5. The third kappa shape index (κ3) is 3.25. The van der Waals surface area contributed by atoms with E-state index < -0.39 is 10.7 Å². The summed E-state index contributed by atoms with van der Waals surface area (Å²) in [7, 11) is 1.34. The highest BCUT2D eigenvalue weighted by molar-refractivity contribution is 5.59.